The van der Waals surface area contributed by atoms with Crippen molar-refractivity contribution in [3.63, 3.8) is 0 Å². The molecule has 0 aliphatic heterocycles. The summed E-state index contributed by atoms with van der Waals surface area (Å²) >= 11 is 6.33. The minimum atomic E-state index is -0.265. The van der Waals surface area contributed by atoms with Crippen LogP contribution in [0.2, 0.25) is 5.02 Å². The zero-order valence-electron chi connectivity index (χ0n) is 15.8. The van der Waals surface area contributed by atoms with Gasteiger partial charge in [-0.2, -0.15) is 15.3 Å². The highest BCUT2D eigenvalue weighted by Crippen LogP contribution is 2.27. The lowest BCUT2D eigenvalue weighted by atomic mass is 10.0. The number of carbonyl (C=O) groups is 1. The Morgan fingerprint density at radius 1 is 1.03 bits per heavy atom. The first kappa shape index (κ1) is 18.8. The summed E-state index contributed by atoms with van der Waals surface area (Å²) in [5.41, 5.74) is 2.56. The van der Waals surface area contributed by atoms with Crippen molar-refractivity contribution in [2.75, 3.05) is 5.32 Å². The first-order valence-electron chi connectivity index (χ1n) is 9.01. The van der Waals surface area contributed by atoms with Gasteiger partial charge in [-0.25, -0.2) is 9.67 Å². The number of nitrogens with zero attached hydrogens (tertiary/aromatic N) is 6. The SMILES string of the molecule is CC(C)c1c(C(=O)Nc2ccc(-n3nccn3)nc2)cnn1-c1ccccc1Cl. The maximum Gasteiger partial charge on any atom is 0.259 e. The van der Waals surface area contributed by atoms with E-state index < -0.39 is 0 Å². The summed E-state index contributed by atoms with van der Waals surface area (Å²) < 4.78 is 1.71. The molecule has 146 valence electrons. The van der Waals surface area contributed by atoms with E-state index in [-0.39, 0.29) is 11.8 Å². The standard InChI is InChI=1S/C20H18ClN7O/c1-13(2)19-15(12-25-27(19)17-6-4-3-5-16(17)21)20(29)26-14-7-8-18(22-11-14)28-23-9-10-24-28/h3-13H,1-2H3,(H,26,29). The van der Waals surface area contributed by atoms with Crippen molar-refractivity contribution in [1.82, 2.24) is 29.8 Å². The average molecular weight is 408 g/mol. The van der Waals surface area contributed by atoms with Crippen molar-refractivity contribution >= 4 is 23.2 Å². The van der Waals surface area contributed by atoms with Crippen LogP contribution in [0, 0.1) is 0 Å². The van der Waals surface area contributed by atoms with E-state index in [4.69, 9.17) is 11.6 Å². The molecule has 1 aromatic carbocycles. The molecule has 29 heavy (non-hydrogen) atoms. The molecule has 0 atom stereocenters. The molecule has 0 aliphatic carbocycles. The Morgan fingerprint density at radius 2 is 1.79 bits per heavy atom. The molecule has 0 aliphatic rings. The van der Waals surface area contributed by atoms with Gasteiger partial charge in [-0.15, -0.1) is 4.80 Å². The summed E-state index contributed by atoms with van der Waals surface area (Å²) in [6, 6.07) is 10.9. The molecule has 3 aromatic heterocycles. The maximum absolute atomic E-state index is 12.9. The van der Waals surface area contributed by atoms with Crippen LogP contribution in [0.15, 0.2) is 61.2 Å². The summed E-state index contributed by atoms with van der Waals surface area (Å²) in [5, 5.41) is 15.9. The molecule has 0 spiro atoms. The highest BCUT2D eigenvalue weighted by Gasteiger charge is 2.22. The number of benzene rings is 1. The fraction of sp³-hybridized carbons (Fsp3) is 0.150. The molecular weight excluding hydrogens is 390 g/mol. The van der Waals surface area contributed by atoms with E-state index in [0.717, 1.165) is 11.4 Å². The normalized spacial score (nSPS) is 11.0. The summed E-state index contributed by atoms with van der Waals surface area (Å²) in [7, 11) is 0. The van der Waals surface area contributed by atoms with Crippen molar-refractivity contribution in [3.05, 3.63) is 77.5 Å². The van der Waals surface area contributed by atoms with Crippen LogP contribution in [0.4, 0.5) is 5.69 Å². The summed E-state index contributed by atoms with van der Waals surface area (Å²) in [6.45, 7) is 4.02. The molecular formula is C20H18ClN7O. The van der Waals surface area contributed by atoms with Crippen LogP contribution in [0.1, 0.15) is 35.8 Å². The lowest BCUT2D eigenvalue weighted by Gasteiger charge is -2.14. The van der Waals surface area contributed by atoms with Crippen LogP contribution in [0.25, 0.3) is 11.5 Å². The Bertz CT molecular complexity index is 1130. The van der Waals surface area contributed by atoms with Crippen LogP contribution >= 0.6 is 11.6 Å². The molecule has 0 saturated heterocycles. The highest BCUT2D eigenvalue weighted by atomic mass is 35.5. The largest absolute Gasteiger partial charge is 0.320 e. The minimum absolute atomic E-state index is 0.0564. The van der Waals surface area contributed by atoms with Crippen LogP contribution in [0.3, 0.4) is 0 Å². The summed E-state index contributed by atoms with van der Waals surface area (Å²) in [4.78, 5) is 18.6. The molecule has 0 saturated carbocycles. The number of hydrogen-bond acceptors (Lipinski definition) is 5. The van der Waals surface area contributed by atoms with Gasteiger partial charge >= 0.3 is 0 Å². The molecule has 4 rings (SSSR count). The van der Waals surface area contributed by atoms with Crippen LogP contribution in [-0.2, 0) is 0 Å². The van der Waals surface area contributed by atoms with Gasteiger partial charge < -0.3 is 5.32 Å². The Kier molecular flexibility index (Phi) is 5.09. The van der Waals surface area contributed by atoms with Crippen LogP contribution in [-0.4, -0.2) is 35.7 Å². The Morgan fingerprint density at radius 3 is 2.45 bits per heavy atom. The number of hydrogen-bond donors (Lipinski definition) is 1. The number of carbonyl (C=O) groups excluding carboxylic acids is 1. The first-order chi connectivity index (χ1) is 14.0. The fourth-order valence-corrected chi connectivity index (χ4v) is 3.23. The van der Waals surface area contributed by atoms with E-state index in [2.05, 4.69) is 25.6 Å². The second-order valence-corrected chi connectivity index (χ2v) is 7.05. The van der Waals surface area contributed by atoms with E-state index in [9.17, 15) is 4.79 Å². The second-order valence-electron chi connectivity index (χ2n) is 6.64. The third-order valence-electron chi connectivity index (χ3n) is 4.31. The smallest absolute Gasteiger partial charge is 0.259 e. The molecule has 0 fully saturated rings. The molecule has 1 amide bonds. The topological polar surface area (TPSA) is 90.5 Å². The van der Waals surface area contributed by atoms with E-state index in [1.165, 1.54) is 4.80 Å². The van der Waals surface area contributed by atoms with Gasteiger partial charge in [0.2, 0.25) is 0 Å². The predicted molar refractivity (Wildman–Crippen MR) is 110 cm³/mol. The molecule has 0 bridgehead atoms. The number of aromatic nitrogens is 6. The average Bonchev–Trinajstić information content (AvgIpc) is 3.39. The predicted octanol–water partition coefficient (Wildman–Crippen LogP) is 3.88. The maximum atomic E-state index is 12.9. The van der Waals surface area contributed by atoms with Crippen molar-refractivity contribution in [1.29, 1.82) is 0 Å². The van der Waals surface area contributed by atoms with Gasteiger partial charge in [0.25, 0.3) is 5.91 Å². The fourth-order valence-electron chi connectivity index (χ4n) is 3.01. The van der Waals surface area contributed by atoms with Gasteiger partial charge in [-0.05, 0) is 30.2 Å². The minimum Gasteiger partial charge on any atom is -0.320 e. The molecule has 9 heteroatoms. The van der Waals surface area contributed by atoms with E-state index in [1.54, 1.807) is 47.7 Å². The monoisotopic (exact) mass is 407 g/mol. The van der Waals surface area contributed by atoms with E-state index in [0.29, 0.717) is 22.1 Å². The lowest BCUT2D eigenvalue weighted by molar-refractivity contribution is 0.102. The van der Waals surface area contributed by atoms with Gasteiger partial charge in [0.15, 0.2) is 5.82 Å². The van der Waals surface area contributed by atoms with Crippen LogP contribution < -0.4 is 5.32 Å². The number of nitrogens with one attached hydrogen (secondary N) is 1. The number of amides is 1. The number of rotatable bonds is 5. The number of para-hydroxylation sites is 1. The quantitative estimate of drug-likeness (QED) is 0.542. The van der Waals surface area contributed by atoms with E-state index in [1.807, 2.05) is 32.0 Å². The molecule has 8 nitrogen and oxygen atoms in total. The molecule has 0 unspecified atom stereocenters. The zero-order valence-corrected chi connectivity index (χ0v) is 16.6. The lowest BCUT2D eigenvalue weighted by Crippen LogP contribution is -2.16. The Labute approximate surface area is 172 Å². The third-order valence-corrected chi connectivity index (χ3v) is 4.63. The van der Waals surface area contributed by atoms with Gasteiger partial charge in [-0.1, -0.05) is 37.6 Å². The number of anilines is 1. The van der Waals surface area contributed by atoms with Gasteiger partial charge in [0, 0.05) is 0 Å². The third kappa shape index (κ3) is 3.74. The van der Waals surface area contributed by atoms with E-state index >= 15 is 0 Å². The zero-order chi connectivity index (χ0) is 20.4. The summed E-state index contributed by atoms with van der Waals surface area (Å²) in [5.74, 6) is 0.349. The Balaban J connectivity index is 1.61. The van der Waals surface area contributed by atoms with Crippen molar-refractivity contribution in [3.8, 4) is 11.5 Å². The van der Waals surface area contributed by atoms with Gasteiger partial charge in [0.05, 0.1) is 52.4 Å². The van der Waals surface area contributed by atoms with Crippen molar-refractivity contribution in [2.24, 2.45) is 0 Å². The number of pyridine rings is 1. The van der Waals surface area contributed by atoms with Gasteiger partial charge in [0.1, 0.15) is 0 Å². The molecule has 0 radical (unpaired) electrons. The van der Waals surface area contributed by atoms with Crippen LogP contribution in [0.5, 0.6) is 0 Å². The van der Waals surface area contributed by atoms with Crippen molar-refractivity contribution < 1.29 is 4.79 Å². The summed E-state index contributed by atoms with van der Waals surface area (Å²) in [6.07, 6.45) is 6.26. The highest BCUT2D eigenvalue weighted by molar-refractivity contribution is 6.32. The molecule has 3 heterocycles. The number of halogens is 1. The Hall–Kier alpha value is -3.52. The van der Waals surface area contributed by atoms with Crippen molar-refractivity contribution in [2.45, 2.75) is 19.8 Å². The van der Waals surface area contributed by atoms with Gasteiger partial charge in [-0.3, -0.25) is 4.79 Å². The molecule has 1 N–H and O–H groups in total. The first-order valence-corrected chi connectivity index (χ1v) is 9.39. The molecule has 4 aromatic rings. The second kappa shape index (κ2) is 7.84.